The van der Waals surface area contributed by atoms with E-state index in [2.05, 4.69) is 50.3 Å². The van der Waals surface area contributed by atoms with E-state index >= 15 is 0 Å². The van der Waals surface area contributed by atoms with Gasteiger partial charge in [0, 0.05) is 12.8 Å². The third kappa shape index (κ3) is 42.9. The second-order valence-electron chi connectivity index (χ2n) is 16.4. The van der Waals surface area contributed by atoms with Crippen LogP contribution in [0.5, 0.6) is 0 Å². The number of allylic oxidation sites excluding steroid dienone is 6. The van der Waals surface area contributed by atoms with Gasteiger partial charge in [-0.15, -0.1) is 0 Å². The van der Waals surface area contributed by atoms with Crippen LogP contribution in [0.3, 0.4) is 0 Å². The average Bonchev–Trinajstić information content (AvgIpc) is 3.24. The van der Waals surface area contributed by atoms with Gasteiger partial charge in [0.1, 0.15) is 12.2 Å². The van der Waals surface area contributed by atoms with Gasteiger partial charge in [0.15, 0.2) is 0 Å². The van der Waals surface area contributed by atoms with E-state index in [1.807, 2.05) is 0 Å². The fourth-order valence-electron chi connectivity index (χ4n) is 6.77. The molecule has 0 aromatic rings. The number of rotatable bonds is 46. The van der Waals surface area contributed by atoms with Crippen molar-refractivity contribution in [3.63, 3.8) is 0 Å². The molecule has 10 nitrogen and oxygen atoms in total. The molecular weight excluding hydrogens is 780 g/mol. The normalized spacial score (nSPS) is 14.0. The topological polar surface area (TPSA) is 149 Å². The zero-order chi connectivity index (χ0) is 44.0. The first-order chi connectivity index (χ1) is 29.3. The first kappa shape index (κ1) is 58.2. The minimum Gasteiger partial charge on any atom is -0.457 e. The molecule has 3 atom stereocenters. The first-order valence-electron chi connectivity index (χ1n) is 24.4. The Hall–Kier alpha value is -1.81. The second-order valence-corrected chi connectivity index (χ2v) is 17.9. The molecule has 0 saturated carbocycles. The number of phosphoric ester groups is 1. The standard InChI is InChI=1S/C49H91O10P/c1-3-5-7-9-11-13-15-17-19-20-21-22-23-24-25-26-27-29-31-33-35-37-39-41-49(53)59-47(43-51)45-57-60(54,55)56-44-46(42-50)58-48(52)40-38-36-34-32-30-28-18-16-14-12-10-8-6-4-2/h10,12,16,18,20-21,46-47,50-51H,3-9,11,13-15,17,19,22-45H2,1-2H3,(H,54,55)/b12-10-,18-16-,21-20-. The smallest absolute Gasteiger partial charge is 0.457 e. The molecule has 0 aromatic carbocycles. The molecule has 352 valence electrons. The zero-order valence-corrected chi connectivity index (χ0v) is 39.3. The third-order valence-corrected chi connectivity index (χ3v) is 11.5. The summed E-state index contributed by atoms with van der Waals surface area (Å²) >= 11 is 0. The maximum absolute atomic E-state index is 12.4. The highest BCUT2D eigenvalue weighted by molar-refractivity contribution is 7.47. The highest BCUT2D eigenvalue weighted by Gasteiger charge is 2.27. The third-order valence-electron chi connectivity index (χ3n) is 10.6. The van der Waals surface area contributed by atoms with Crippen LogP contribution in [0.2, 0.25) is 0 Å². The fraction of sp³-hybridized carbons (Fsp3) is 0.837. The highest BCUT2D eigenvalue weighted by Crippen LogP contribution is 2.43. The summed E-state index contributed by atoms with van der Waals surface area (Å²) in [6.45, 7) is 2.17. The van der Waals surface area contributed by atoms with Gasteiger partial charge in [-0.25, -0.2) is 4.57 Å². The van der Waals surface area contributed by atoms with Crippen LogP contribution in [0.15, 0.2) is 36.5 Å². The molecule has 0 aliphatic rings. The van der Waals surface area contributed by atoms with Crippen molar-refractivity contribution in [2.45, 2.75) is 238 Å². The van der Waals surface area contributed by atoms with Gasteiger partial charge >= 0.3 is 19.8 Å². The van der Waals surface area contributed by atoms with Gasteiger partial charge in [0.05, 0.1) is 26.4 Å². The molecule has 0 aromatic heterocycles. The lowest BCUT2D eigenvalue weighted by Gasteiger charge is -2.20. The van der Waals surface area contributed by atoms with E-state index in [-0.39, 0.29) is 12.8 Å². The number of phosphoric acid groups is 1. The monoisotopic (exact) mass is 871 g/mol. The summed E-state index contributed by atoms with van der Waals surface area (Å²) in [5.74, 6) is -1.03. The largest absolute Gasteiger partial charge is 0.472 e. The second kappa shape index (κ2) is 45.2. The van der Waals surface area contributed by atoms with Gasteiger partial charge in [-0.3, -0.25) is 18.6 Å². The molecule has 0 spiro atoms. The van der Waals surface area contributed by atoms with E-state index in [0.717, 1.165) is 64.2 Å². The van der Waals surface area contributed by atoms with E-state index in [1.165, 1.54) is 122 Å². The van der Waals surface area contributed by atoms with Crippen molar-refractivity contribution >= 4 is 19.8 Å². The summed E-state index contributed by atoms with van der Waals surface area (Å²) in [5.41, 5.74) is 0. The van der Waals surface area contributed by atoms with Crippen molar-refractivity contribution in [1.29, 1.82) is 0 Å². The van der Waals surface area contributed by atoms with Crippen LogP contribution in [-0.2, 0) is 32.7 Å². The van der Waals surface area contributed by atoms with Gasteiger partial charge < -0.3 is 24.6 Å². The van der Waals surface area contributed by atoms with E-state index in [0.29, 0.717) is 12.8 Å². The molecule has 11 heteroatoms. The van der Waals surface area contributed by atoms with E-state index < -0.39 is 58.4 Å². The number of aliphatic hydroxyl groups is 2. The summed E-state index contributed by atoms with van der Waals surface area (Å²) in [6.07, 6.45) is 48.4. The molecule has 0 amide bonds. The molecule has 0 heterocycles. The Morgan fingerprint density at radius 2 is 0.750 bits per heavy atom. The SMILES string of the molecule is CCCC/C=C\C/C=C\CCCCCCCC(=O)OC(CO)COP(=O)(O)OCC(CO)OC(=O)CCCCCCCCCCCCC/C=C\CCCCCCCCCC. The predicted molar refractivity (Wildman–Crippen MR) is 247 cm³/mol. The summed E-state index contributed by atoms with van der Waals surface area (Å²) in [7, 11) is -4.64. The van der Waals surface area contributed by atoms with Crippen molar-refractivity contribution in [3.05, 3.63) is 36.5 Å². The highest BCUT2D eigenvalue weighted by atomic mass is 31.2. The molecule has 0 aliphatic carbocycles. The number of carbonyl (C=O) groups is 2. The Bertz CT molecular complexity index is 1090. The van der Waals surface area contributed by atoms with Crippen LogP contribution in [0.1, 0.15) is 226 Å². The lowest BCUT2D eigenvalue weighted by atomic mass is 10.0. The molecule has 0 bridgehead atoms. The van der Waals surface area contributed by atoms with Crippen molar-refractivity contribution in [3.8, 4) is 0 Å². The molecule has 3 unspecified atom stereocenters. The molecule has 3 N–H and O–H groups in total. The van der Waals surface area contributed by atoms with E-state index in [1.54, 1.807) is 0 Å². The van der Waals surface area contributed by atoms with Gasteiger partial charge in [0.25, 0.3) is 0 Å². The summed E-state index contributed by atoms with van der Waals surface area (Å²) in [4.78, 5) is 34.6. The lowest BCUT2D eigenvalue weighted by Crippen LogP contribution is -2.28. The van der Waals surface area contributed by atoms with Crippen LogP contribution in [0.4, 0.5) is 0 Å². The van der Waals surface area contributed by atoms with Crippen molar-refractivity contribution < 1.29 is 47.8 Å². The van der Waals surface area contributed by atoms with Crippen molar-refractivity contribution in [2.24, 2.45) is 0 Å². The molecule has 0 fully saturated rings. The maximum Gasteiger partial charge on any atom is 0.472 e. The van der Waals surface area contributed by atoms with Crippen LogP contribution in [-0.4, -0.2) is 65.7 Å². The van der Waals surface area contributed by atoms with Gasteiger partial charge in [-0.1, -0.05) is 185 Å². The van der Waals surface area contributed by atoms with Gasteiger partial charge in [0.2, 0.25) is 0 Å². The number of esters is 2. The Labute approximate surface area is 367 Å². The molecule has 0 rings (SSSR count). The Kier molecular flexibility index (Phi) is 43.9. The van der Waals surface area contributed by atoms with Gasteiger partial charge in [-0.05, 0) is 64.2 Å². The Morgan fingerprint density at radius 3 is 1.10 bits per heavy atom. The number of unbranched alkanes of at least 4 members (excludes halogenated alkanes) is 26. The maximum atomic E-state index is 12.4. The van der Waals surface area contributed by atoms with Crippen molar-refractivity contribution in [1.82, 2.24) is 0 Å². The van der Waals surface area contributed by atoms with Gasteiger partial charge in [-0.2, -0.15) is 0 Å². The van der Waals surface area contributed by atoms with Crippen LogP contribution in [0, 0.1) is 0 Å². The quantitative estimate of drug-likeness (QED) is 0.0234. The van der Waals surface area contributed by atoms with Crippen LogP contribution in [0.25, 0.3) is 0 Å². The van der Waals surface area contributed by atoms with Crippen molar-refractivity contribution in [2.75, 3.05) is 26.4 Å². The zero-order valence-electron chi connectivity index (χ0n) is 38.4. The minimum absolute atomic E-state index is 0.176. The number of ether oxygens (including phenoxy) is 2. The number of aliphatic hydroxyl groups excluding tert-OH is 2. The molecule has 0 aliphatic heterocycles. The summed E-state index contributed by atoms with van der Waals surface area (Å²) < 4.78 is 32.6. The van der Waals surface area contributed by atoms with Crippen LogP contribution >= 0.6 is 7.82 Å². The average molecular weight is 871 g/mol. The van der Waals surface area contributed by atoms with Crippen LogP contribution < -0.4 is 0 Å². The molecule has 0 saturated heterocycles. The number of hydrogen-bond acceptors (Lipinski definition) is 9. The predicted octanol–water partition coefficient (Wildman–Crippen LogP) is 13.5. The van der Waals surface area contributed by atoms with E-state index in [4.69, 9.17) is 18.5 Å². The summed E-state index contributed by atoms with van der Waals surface area (Å²) in [5, 5.41) is 19.2. The molecule has 0 radical (unpaired) electrons. The Morgan fingerprint density at radius 1 is 0.450 bits per heavy atom. The minimum atomic E-state index is -4.64. The number of hydrogen-bond donors (Lipinski definition) is 3. The fourth-order valence-corrected chi connectivity index (χ4v) is 7.56. The molecular formula is C49H91O10P. The van der Waals surface area contributed by atoms with E-state index in [9.17, 15) is 29.3 Å². The number of carbonyl (C=O) groups excluding carboxylic acids is 2. The first-order valence-corrected chi connectivity index (χ1v) is 25.9. The summed E-state index contributed by atoms with van der Waals surface area (Å²) in [6, 6.07) is 0. The lowest BCUT2D eigenvalue weighted by molar-refractivity contribution is -0.153. The molecule has 60 heavy (non-hydrogen) atoms. The Balaban J connectivity index is 3.83.